The fourth-order valence-electron chi connectivity index (χ4n) is 0.347. The highest BCUT2D eigenvalue weighted by atomic mass is 16.6. The largest absolute Gasteiger partial charge is 0.381 e. The molecule has 0 saturated heterocycles. The zero-order valence-corrected chi connectivity index (χ0v) is 5.94. The minimum atomic E-state index is -0.826. The first-order valence-corrected chi connectivity index (χ1v) is 2.88. The molecule has 2 nitrogen and oxygen atoms in total. The Balaban J connectivity index is 3.60. The van der Waals surface area contributed by atoms with Crippen LogP contribution in [0.3, 0.4) is 0 Å². The van der Waals surface area contributed by atoms with Crippen molar-refractivity contribution in [3.8, 4) is 0 Å². The first-order chi connectivity index (χ1) is 3.95. The van der Waals surface area contributed by atoms with Gasteiger partial charge in [-0.15, -0.1) is 0 Å². The average Bonchev–Trinajstić information content (AvgIpc) is 1.62. The van der Waals surface area contributed by atoms with E-state index in [1.807, 2.05) is 0 Å². The van der Waals surface area contributed by atoms with Crippen LogP contribution in [0.1, 0.15) is 20.3 Å². The van der Waals surface area contributed by atoms with E-state index in [0.717, 1.165) is 0 Å². The molecule has 0 fully saturated rings. The lowest BCUT2D eigenvalue weighted by atomic mass is 10.2. The molecule has 0 aromatic rings. The minimum Gasteiger partial charge on any atom is -0.381 e. The number of carbonyl (C=O) groups is 1. The zero-order chi connectivity index (χ0) is 7.49. The molecule has 0 rings (SSSR count). The summed E-state index contributed by atoms with van der Waals surface area (Å²) in [7, 11) is 0. The van der Waals surface area contributed by atoms with Gasteiger partial charge in [-0.25, -0.2) is 0 Å². The van der Waals surface area contributed by atoms with Crippen molar-refractivity contribution >= 4 is 5.97 Å². The molecule has 0 bridgehead atoms. The number of ether oxygens (including phenoxy) is 1. The van der Waals surface area contributed by atoms with Crippen LogP contribution in [-0.2, 0) is 9.53 Å². The van der Waals surface area contributed by atoms with Crippen LogP contribution in [0.25, 0.3) is 0 Å². The maximum Gasteiger partial charge on any atom is 0.372 e. The van der Waals surface area contributed by atoms with E-state index in [-0.39, 0.29) is 5.97 Å². The standard InChI is InChI=1S/C7H12O2/c1-5-6(8)9-7(2,3)4/h2-3,5H2,1,4H3/q+2. The topological polar surface area (TPSA) is 26.3 Å². The van der Waals surface area contributed by atoms with Crippen LogP contribution in [0, 0.1) is 13.8 Å². The number of carbonyl (C=O) groups excluding carboxylic acids is 1. The van der Waals surface area contributed by atoms with E-state index in [4.69, 9.17) is 4.74 Å². The van der Waals surface area contributed by atoms with E-state index >= 15 is 0 Å². The normalized spacial score (nSPS) is 10.9. The van der Waals surface area contributed by atoms with E-state index < -0.39 is 5.60 Å². The predicted molar refractivity (Wildman–Crippen MR) is 35.5 cm³/mol. The van der Waals surface area contributed by atoms with E-state index in [9.17, 15) is 4.79 Å². The van der Waals surface area contributed by atoms with Crippen LogP contribution < -0.4 is 0 Å². The fraction of sp³-hybridized carbons (Fsp3) is 0.571. The average molecular weight is 128 g/mol. The number of esters is 1. The lowest BCUT2D eigenvalue weighted by Crippen LogP contribution is -2.23. The van der Waals surface area contributed by atoms with Gasteiger partial charge in [-0.2, -0.15) is 0 Å². The van der Waals surface area contributed by atoms with Crippen molar-refractivity contribution in [1.82, 2.24) is 0 Å². The second-order valence-corrected chi connectivity index (χ2v) is 2.28. The Hall–Kier alpha value is -0.790. The second kappa shape index (κ2) is 2.67. The van der Waals surface area contributed by atoms with Gasteiger partial charge in [-0.3, -0.25) is 4.79 Å². The van der Waals surface area contributed by atoms with Gasteiger partial charge >= 0.3 is 11.6 Å². The Bertz CT molecular complexity index is 100.0. The molecule has 0 amide bonds. The number of hydrogen-bond donors (Lipinski definition) is 0. The lowest BCUT2D eigenvalue weighted by Gasteiger charge is -2.04. The lowest BCUT2D eigenvalue weighted by molar-refractivity contribution is -0.150. The van der Waals surface area contributed by atoms with Gasteiger partial charge in [0.05, 0.1) is 6.92 Å². The Labute approximate surface area is 56.2 Å². The van der Waals surface area contributed by atoms with E-state index in [1.165, 1.54) is 0 Å². The van der Waals surface area contributed by atoms with Gasteiger partial charge in [0.1, 0.15) is 0 Å². The van der Waals surface area contributed by atoms with Crippen LogP contribution in [0.2, 0.25) is 0 Å². The fourth-order valence-corrected chi connectivity index (χ4v) is 0.347. The van der Waals surface area contributed by atoms with E-state index in [0.29, 0.717) is 6.42 Å². The van der Waals surface area contributed by atoms with E-state index in [1.54, 1.807) is 13.8 Å². The van der Waals surface area contributed by atoms with Crippen molar-refractivity contribution < 1.29 is 9.53 Å². The Kier molecular flexibility index (Phi) is 2.43. The summed E-state index contributed by atoms with van der Waals surface area (Å²) in [5, 5.41) is 0. The quantitative estimate of drug-likeness (QED) is 0.414. The maximum absolute atomic E-state index is 10.5. The molecule has 0 saturated carbocycles. The molecule has 9 heavy (non-hydrogen) atoms. The molecule has 0 atom stereocenters. The summed E-state index contributed by atoms with van der Waals surface area (Å²) in [6, 6.07) is 0. The third-order valence-corrected chi connectivity index (χ3v) is 0.649. The first kappa shape index (κ1) is 8.21. The number of hydrogen-bond acceptors (Lipinski definition) is 2. The minimum absolute atomic E-state index is 0.262. The van der Waals surface area contributed by atoms with Crippen LogP contribution in [0.5, 0.6) is 0 Å². The van der Waals surface area contributed by atoms with Crippen LogP contribution >= 0.6 is 0 Å². The van der Waals surface area contributed by atoms with Gasteiger partial charge in [0.25, 0.3) is 0 Å². The maximum atomic E-state index is 10.5. The summed E-state index contributed by atoms with van der Waals surface area (Å²) in [6.07, 6.45) is 0.376. The third-order valence-electron chi connectivity index (χ3n) is 0.649. The highest BCUT2D eigenvalue weighted by molar-refractivity contribution is 5.69. The molecule has 0 aliphatic carbocycles. The molecule has 0 heterocycles. The van der Waals surface area contributed by atoms with Gasteiger partial charge in [0, 0.05) is 6.42 Å². The molecular weight excluding hydrogens is 116 g/mol. The Morgan fingerprint density at radius 1 is 1.67 bits per heavy atom. The molecule has 0 spiro atoms. The first-order valence-electron chi connectivity index (χ1n) is 2.88. The molecule has 0 radical (unpaired) electrons. The summed E-state index contributed by atoms with van der Waals surface area (Å²) in [6.45, 7) is 10.4. The summed E-state index contributed by atoms with van der Waals surface area (Å²) >= 11 is 0. The molecule has 0 aliphatic heterocycles. The highest BCUT2D eigenvalue weighted by Crippen LogP contribution is 2.06. The summed E-state index contributed by atoms with van der Waals surface area (Å²) in [4.78, 5) is 10.5. The molecule has 0 aliphatic rings. The molecule has 50 valence electrons. The van der Waals surface area contributed by atoms with Gasteiger partial charge in [0.15, 0.2) is 13.8 Å². The van der Waals surface area contributed by atoms with Crippen molar-refractivity contribution in [1.29, 1.82) is 0 Å². The summed E-state index contributed by atoms with van der Waals surface area (Å²) in [5.41, 5.74) is -0.826. The van der Waals surface area contributed by atoms with Gasteiger partial charge in [-0.1, -0.05) is 6.92 Å². The zero-order valence-electron chi connectivity index (χ0n) is 5.94. The monoisotopic (exact) mass is 128 g/mol. The second-order valence-electron chi connectivity index (χ2n) is 2.28. The van der Waals surface area contributed by atoms with Crippen molar-refractivity contribution in [2.24, 2.45) is 0 Å². The summed E-state index contributed by atoms with van der Waals surface area (Å²) in [5.74, 6) is -0.262. The third kappa shape index (κ3) is 5.07. The van der Waals surface area contributed by atoms with Crippen molar-refractivity contribution in [3.63, 3.8) is 0 Å². The smallest absolute Gasteiger partial charge is 0.372 e. The van der Waals surface area contributed by atoms with Gasteiger partial charge in [-0.05, 0) is 0 Å². The van der Waals surface area contributed by atoms with Gasteiger partial charge in [0.2, 0.25) is 0 Å². The van der Waals surface area contributed by atoms with Crippen molar-refractivity contribution in [2.75, 3.05) is 0 Å². The van der Waals surface area contributed by atoms with Crippen LogP contribution in [0.15, 0.2) is 0 Å². The van der Waals surface area contributed by atoms with E-state index in [2.05, 4.69) is 13.8 Å². The molecule has 0 aromatic carbocycles. The predicted octanol–water partition coefficient (Wildman–Crippen LogP) is 1.37. The van der Waals surface area contributed by atoms with Gasteiger partial charge < -0.3 is 4.74 Å². The highest BCUT2D eigenvalue weighted by Gasteiger charge is 2.30. The molecule has 0 N–H and O–H groups in total. The molecule has 2 heteroatoms. The molecule has 0 aromatic heterocycles. The van der Waals surface area contributed by atoms with Crippen LogP contribution in [-0.4, -0.2) is 11.6 Å². The Morgan fingerprint density at radius 2 is 2.11 bits per heavy atom. The SMILES string of the molecule is [CH2+]C([CH2+])(C)OC(=O)CC. The molecule has 0 unspecified atom stereocenters. The summed E-state index contributed by atoms with van der Waals surface area (Å²) < 4.78 is 4.73. The van der Waals surface area contributed by atoms with Crippen molar-refractivity contribution in [2.45, 2.75) is 25.9 Å². The number of rotatable bonds is 2. The van der Waals surface area contributed by atoms with Crippen LogP contribution in [0.4, 0.5) is 0 Å². The molecular formula is C7H12O2+2. The van der Waals surface area contributed by atoms with Crippen molar-refractivity contribution in [3.05, 3.63) is 13.8 Å². The Morgan fingerprint density at radius 3 is 2.22 bits per heavy atom.